The zero-order chi connectivity index (χ0) is 13.8. The van der Waals surface area contributed by atoms with E-state index in [-0.39, 0.29) is 18.4 Å². The van der Waals surface area contributed by atoms with Crippen LogP contribution in [0, 0.1) is 5.92 Å². The second-order valence-electron chi connectivity index (χ2n) is 4.67. The smallest absolute Gasteiger partial charge is 0.265 e. The molecule has 0 radical (unpaired) electrons. The van der Waals surface area contributed by atoms with Crippen molar-refractivity contribution in [2.45, 2.75) is 32.8 Å². The third-order valence-corrected chi connectivity index (χ3v) is 4.23. The van der Waals surface area contributed by atoms with Gasteiger partial charge in [-0.05, 0) is 24.3 Å². The lowest BCUT2D eigenvalue weighted by atomic mass is 9.88. The molecule has 0 aliphatic carbocycles. The van der Waals surface area contributed by atoms with E-state index in [0.29, 0.717) is 10.6 Å². The monoisotopic (exact) mass is 271 g/mol. The quantitative estimate of drug-likeness (QED) is 0.834. The van der Waals surface area contributed by atoms with Crippen LogP contribution < -0.4 is 10.1 Å². The Kier molecular flexibility index (Phi) is 5.16. The van der Waals surface area contributed by atoms with E-state index in [1.54, 1.807) is 18.4 Å². The maximum absolute atomic E-state index is 12.0. The summed E-state index contributed by atoms with van der Waals surface area (Å²) in [6, 6.07) is 1.76. The Balaban J connectivity index is 2.62. The lowest BCUT2D eigenvalue weighted by Crippen LogP contribution is -2.44. The molecule has 0 saturated carbocycles. The van der Waals surface area contributed by atoms with Crippen molar-refractivity contribution >= 4 is 17.2 Å². The van der Waals surface area contributed by atoms with Crippen LogP contribution in [-0.2, 0) is 0 Å². The molecule has 0 spiro atoms. The predicted molar refractivity (Wildman–Crippen MR) is 73.3 cm³/mol. The Hall–Kier alpha value is -1.07. The Bertz CT molecular complexity index is 401. The molecule has 0 unspecified atom stereocenters. The molecule has 1 aromatic rings. The number of thiophene rings is 1. The second kappa shape index (κ2) is 6.20. The minimum absolute atomic E-state index is 0.128. The number of carbonyl (C=O) groups is 1. The van der Waals surface area contributed by atoms with Crippen molar-refractivity contribution in [3.8, 4) is 5.75 Å². The molecule has 0 bridgehead atoms. The standard InChI is InChI=1S/C13H21NO3S/c1-5-9(2)13(3,16)8-14-12(15)11-10(17-4)6-7-18-11/h6-7,9,16H,5,8H2,1-4H3,(H,14,15)/t9-,13+/m0/s1. The molecule has 4 nitrogen and oxygen atoms in total. The van der Waals surface area contributed by atoms with E-state index in [0.717, 1.165) is 6.42 Å². The summed E-state index contributed by atoms with van der Waals surface area (Å²) >= 11 is 1.33. The Morgan fingerprint density at radius 2 is 2.33 bits per heavy atom. The zero-order valence-corrected chi connectivity index (χ0v) is 12.1. The number of carbonyl (C=O) groups excluding carboxylic acids is 1. The van der Waals surface area contributed by atoms with Gasteiger partial charge in [0.25, 0.3) is 5.91 Å². The lowest BCUT2D eigenvalue weighted by Gasteiger charge is -2.29. The molecule has 5 heteroatoms. The third kappa shape index (κ3) is 3.46. The highest BCUT2D eigenvalue weighted by Gasteiger charge is 2.28. The predicted octanol–water partition coefficient (Wildman–Crippen LogP) is 2.28. The van der Waals surface area contributed by atoms with Gasteiger partial charge in [0.2, 0.25) is 0 Å². The number of methoxy groups -OCH3 is 1. The van der Waals surface area contributed by atoms with Crippen molar-refractivity contribution in [1.82, 2.24) is 5.32 Å². The number of hydrogen-bond acceptors (Lipinski definition) is 4. The van der Waals surface area contributed by atoms with Gasteiger partial charge in [0.05, 0.1) is 12.7 Å². The molecule has 1 rings (SSSR count). The number of aliphatic hydroxyl groups is 1. The first-order chi connectivity index (χ1) is 8.42. The van der Waals surface area contributed by atoms with Gasteiger partial charge >= 0.3 is 0 Å². The van der Waals surface area contributed by atoms with Crippen LogP contribution in [0.2, 0.25) is 0 Å². The summed E-state index contributed by atoms with van der Waals surface area (Å²) in [6.45, 7) is 5.97. The topological polar surface area (TPSA) is 58.6 Å². The molecule has 0 saturated heterocycles. The van der Waals surface area contributed by atoms with E-state index in [1.807, 2.05) is 13.8 Å². The molecule has 1 aromatic heterocycles. The molecule has 102 valence electrons. The summed E-state index contributed by atoms with van der Waals surface area (Å²) in [5.41, 5.74) is -0.894. The number of hydrogen-bond donors (Lipinski definition) is 2. The van der Waals surface area contributed by atoms with E-state index in [4.69, 9.17) is 4.74 Å². The number of nitrogens with one attached hydrogen (secondary N) is 1. The van der Waals surface area contributed by atoms with Gasteiger partial charge in [0, 0.05) is 6.54 Å². The minimum atomic E-state index is -0.894. The maximum Gasteiger partial charge on any atom is 0.265 e. The molecule has 0 fully saturated rings. The van der Waals surface area contributed by atoms with Crippen molar-refractivity contribution in [3.05, 3.63) is 16.3 Å². The summed E-state index contributed by atoms with van der Waals surface area (Å²) in [4.78, 5) is 12.5. The third-order valence-electron chi connectivity index (χ3n) is 3.34. The van der Waals surface area contributed by atoms with Gasteiger partial charge in [-0.2, -0.15) is 0 Å². The van der Waals surface area contributed by atoms with Gasteiger partial charge in [-0.3, -0.25) is 4.79 Å². The van der Waals surface area contributed by atoms with Crippen LogP contribution in [-0.4, -0.2) is 30.3 Å². The highest BCUT2D eigenvalue weighted by molar-refractivity contribution is 7.12. The van der Waals surface area contributed by atoms with Gasteiger partial charge in [0.1, 0.15) is 10.6 Å². The van der Waals surface area contributed by atoms with E-state index < -0.39 is 5.60 Å². The molecular weight excluding hydrogens is 250 g/mol. The van der Waals surface area contributed by atoms with Crippen molar-refractivity contribution < 1.29 is 14.6 Å². The summed E-state index contributed by atoms with van der Waals surface area (Å²) in [7, 11) is 1.54. The van der Waals surface area contributed by atoms with Crippen molar-refractivity contribution in [3.63, 3.8) is 0 Å². The first-order valence-electron chi connectivity index (χ1n) is 6.04. The minimum Gasteiger partial charge on any atom is -0.495 e. The average Bonchev–Trinajstić information content (AvgIpc) is 2.83. The van der Waals surface area contributed by atoms with Crippen molar-refractivity contribution in [2.24, 2.45) is 5.92 Å². The summed E-state index contributed by atoms with van der Waals surface area (Å²) in [5, 5.41) is 14.8. The Morgan fingerprint density at radius 3 is 2.89 bits per heavy atom. The molecule has 0 aliphatic rings. The molecule has 1 heterocycles. The SMILES string of the molecule is CC[C@H](C)[C@](C)(O)CNC(=O)c1sccc1OC. The fourth-order valence-corrected chi connectivity index (χ4v) is 2.35. The number of rotatable bonds is 6. The van der Waals surface area contributed by atoms with Gasteiger partial charge in [-0.15, -0.1) is 11.3 Å². The van der Waals surface area contributed by atoms with Crippen LogP contribution in [0.1, 0.15) is 36.9 Å². The maximum atomic E-state index is 12.0. The largest absolute Gasteiger partial charge is 0.495 e. The van der Waals surface area contributed by atoms with Crippen LogP contribution in [0.3, 0.4) is 0 Å². The molecule has 0 aromatic carbocycles. The van der Waals surface area contributed by atoms with Gasteiger partial charge < -0.3 is 15.2 Å². The van der Waals surface area contributed by atoms with Crippen LogP contribution in [0.15, 0.2) is 11.4 Å². The van der Waals surface area contributed by atoms with Crippen LogP contribution >= 0.6 is 11.3 Å². The van der Waals surface area contributed by atoms with Gasteiger partial charge in [-0.25, -0.2) is 0 Å². The summed E-state index contributed by atoms with van der Waals surface area (Å²) in [5.74, 6) is 0.495. The van der Waals surface area contributed by atoms with E-state index in [9.17, 15) is 9.90 Å². The van der Waals surface area contributed by atoms with Gasteiger partial charge in [-0.1, -0.05) is 20.3 Å². The van der Waals surface area contributed by atoms with Crippen LogP contribution in [0.25, 0.3) is 0 Å². The fraction of sp³-hybridized carbons (Fsp3) is 0.615. The average molecular weight is 271 g/mol. The number of amides is 1. The normalized spacial score (nSPS) is 15.8. The Labute approximate surface area is 112 Å². The molecular formula is C13H21NO3S. The lowest BCUT2D eigenvalue weighted by molar-refractivity contribution is 0.00594. The van der Waals surface area contributed by atoms with E-state index in [2.05, 4.69) is 5.32 Å². The first-order valence-corrected chi connectivity index (χ1v) is 6.92. The molecule has 2 atom stereocenters. The summed E-state index contributed by atoms with van der Waals surface area (Å²) in [6.07, 6.45) is 0.866. The highest BCUT2D eigenvalue weighted by Crippen LogP contribution is 2.24. The molecule has 2 N–H and O–H groups in total. The van der Waals surface area contributed by atoms with Gasteiger partial charge in [0.15, 0.2) is 0 Å². The van der Waals surface area contributed by atoms with Crippen molar-refractivity contribution in [1.29, 1.82) is 0 Å². The van der Waals surface area contributed by atoms with Crippen molar-refractivity contribution in [2.75, 3.05) is 13.7 Å². The highest BCUT2D eigenvalue weighted by atomic mass is 32.1. The fourth-order valence-electron chi connectivity index (χ4n) is 1.58. The van der Waals surface area contributed by atoms with E-state index in [1.165, 1.54) is 18.4 Å². The first kappa shape index (κ1) is 15.0. The number of ether oxygens (including phenoxy) is 1. The molecule has 0 aliphatic heterocycles. The zero-order valence-electron chi connectivity index (χ0n) is 11.3. The van der Waals surface area contributed by atoms with Crippen LogP contribution in [0.4, 0.5) is 0 Å². The van der Waals surface area contributed by atoms with E-state index >= 15 is 0 Å². The van der Waals surface area contributed by atoms with Crippen LogP contribution in [0.5, 0.6) is 5.75 Å². The Morgan fingerprint density at radius 1 is 1.67 bits per heavy atom. The molecule has 1 amide bonds. The second-order valence-corrected chi connectivity index (χ2v) is 5.58. The summed E-state index contributed by atoms with van der Waals surface area (Å²) < 4.78 is 5.09. The molecule has 18 heavy (non-hydrogen) atoms.